The summed E-state index contributed by atoms with van der Waals surface area (Å²) in [6.45, 7) is 0.917. The van der Waals surface area contributed by atoms with Crippen molar-refractivity contribution in [3.63, 3.8) is 0 Å². The van der Waals surface area contributed by atoms with E-state index in [1.165, 1.54) is 11.1 Å². The molecule has 1 aliphatic heterocycles. The molecule has 0 amide bonds. The van der Waals surface area contributed by atoms with Crippen molar-refractivity contribution in [2.45, 2.75) is 6.42 Å². The maximum Gasteiger partial charge on any atom is 0.378 e. The Morgan fingerprint density at radius 1 is 0.962 bits per heavy atom. The van der Waals surface area contributed by atoms with Crippen LogP contribution in [0.2, 0.25) is 0 Å². The van der Waals surface area contributed by atoms with E-state index in [1.54, 1.807) is 18.2 Å². The smallest absolute Gasteiger partial charge is 0.358 e. The quantitative estimate of drug-likeness (QED) is 0.603. The summed E-state index contributed by atoms with van der Waals surface area (Å²) in [7, 11) is 0. The molecule has 3 rings (SSSR count). The molecule has 0 aromatic heterocycles. The number of amidine groups is 1. The molecule has 2 aromatic rings. The van der Waals surface area contributed by atoms with Crippen molar-refractivity contribution in [2.24, 2.45) is 5.10 Å². The Kier molecular flexibility index (Phi) is 5.18. The van der Waals surface area contributed by atoms with Gasteiger partial charge in [-0.15, -0.1) is 0 Å². The molecule has 1 aliphatic rings. The average Bonchev–Trinajstić information content (AvgIpc) is 2.67. The van der Waals surface area contributed by atoms with Crippen LogP contribution < -0.4 is 5.01 Å². The number of rotatable bonds is 5. The lowest BCUT2D eigenvalue weighted by molar-refractivity contribution is -0.384. The highest BCUT2D eigenvalue weighted by Gasteiger charge is 2.32. The van der Waals surface area contributed by atoms with Gasteiger partial charge >= 0.3 is 5.84 Å². The maximum atomic E-state index is 11.3. The molecule has 0 bridgehead atoms. The third kappa shape index (κ3) is 4.01. The van der Waals surface area contributed by atoms with Crippen LogP contribution in [0.5, 0.6) is 0 Å². The van der Waals surface area contributed by atoms with Crippen LogP contribution in [-0.4, -0.2) is 40.3 Å². The predicted molar refractivity (Wildman–Crippen MR) is 96.6 cm³/mol. The summed E-state index contributed by atoms with van der Waals surface area (Å²) in [5.41, 5.74) is 1.22. The van der Waals surface area contributed by atoms with Crippen LogP contribution in [0, 0.1) is 20.2 Å². The second-order valence-corrected chi connectivity index (χ2v) is 5.85. The molecule has 0 radical (unpaired) electrons. The van der Waals surface area contributed by atoms with E-state index in [0.29, 0.717) is 6.54 Å². The van der Waals surface area contributed by atoms with Crippen LogP contribution >= 0.6 is 0 Å². The number of hydrazone groups is 1. The second kappa shape index (κ2) is 7.70. The number of benzene rings is 2. The Hall–Kier alpha value is -3.33. The van der Waals surface area contributed by atoms with Gasteiger partial charge in [0.15, 0.2) is 5.69 Å². The predicted octanol–water partition coefficient (Wildman–Crippen LogP) is 2.51. The van der Waals surface area contributed by atoms with Gasteiger partial charge in [0.25, 0.3) is 5.69 Å². The lowest BCUT2D eigenvalue weighted by atomic mass is 10.1. The van der Waals surface area contributed by atoms with Crippen LogP contribution in [0.3, 0.4) is 0 Å². The molecule has 0 saturated heterocycles. The van der Waals surface area contributed by atoms with E-state index in [2.05, 4.69) is 5.10 Å². The van der Waals surface area contributed by atoms with Crippen molar-refractivity contribution in [1.29, 1.82) is 0 Å². The first-order valence-electron chi connectivity index (χ1n) is 8.03. The van der Waals surface area contributed by atoms with Crippen molar-refractivity contribution in [3.8, 4) is 0 Å². The van der Waals surface area contributed by atoms with Gasteiger partial charge in [-0.25, -0.2) is 0 Å². The topological polar surface area (TPSA) is 105 Å². The number of hydrogen-bond donors (Lipinski definition) is 0. The number of nitro benzene ring substituents is 1. The molecule has 1 heterocycles. The highest BCUT2D eigenvalue weighted by atomic mass is 16.6. The largest absolute Gasteiger partial charge is 0.378 e. The number of nitrogens with zero attached hydrogens (tertiary/aromatic N) is 5. The van der Waals surface area contributed by atoms with E-state index in [4.69, 9.17) is 0 Å². The minimum Gasteiger partial charge on any atom is -0.358 e. The minimum atomic E-state index is -0.545. The molecule has 0 unspecified atom stereocenters. The fraction of sp³-hybridized carbons (Fsp3) is 0.235. The summed E-state index contributed by atoms with van der Waals surface area (Å²) in [5, 5.41) is 27.8. The highest BCUT2D eigenvalue weighted by molar-refractivity contribution is 5.79. The minimum absolute atomic E-state index is 0.0942. The van der Waals surface area contributed by atoms with Gasteiger partial charge in [-0.2, -0.15) is 5.01 Å². The lowest BCUT2D eigenvalue weighted by Gasteiger charge is -2.28. The van der Waals surface area contributed by atoms with E-state index in [0.717, 1.165) is 12.0 Å². The second-order valence-electron chi connectivity index (χ2n) is 5.85. The summed E-state index contributed by atoms with van der Waals surface area (Å²) in [6, 6.07) is 15.9. The number of para-hydroxylation sites is 2. The zero-order valence-electron chi connectivity index (χ0n) is 13.9. The van der Waals surface area contributed by atoms with Crippen molar-refractivity contribution in [3.05, 3.63) is 80.4 Å². The highest BCUT2D eigenvalue weighted by Crippen LogP contribution is 2.29. The Morgan fingerprint density at radius 3 is 2.35 bits per heavy atom. The molecule has 0 atom stereocenters. The van der Waals surface area contributed by atoms with Gasteiger partial charge in [0.05, 0.1) is 10.0 Å². The molecule has 9 nitrogen and oxygen atoms in total. The zero-order chi connectivity index (χ0) is 18.5. The summed E-state index contributed by atoms with van der Waals surface area (Å²) in [4.78, 5) is 23.3. The summed E-state index contributed by atoms with van der Waals surface area (Å²) in [5.74, 6) is -0.234. The van der Waals surface area contributed by atoms with Crippen LogP contribution in [0.1, 0.15) is 5.56 Å². The Balaban J connectivity index is 1.82. The van der Waals surface area contributed by atoms with Gasteiger partial charge in [-0.3, -0.25) is 15.0 Å². The van der Waals surface area contributed by atoms with Gasteiger partial charge in [-0.05, 0) is 23.0 Å². The lowest BCUT2D eigenvalue weighted by Crippen LogP contribution is -2.47. The van der Waals surface area contributed by atoms with Gasteiger partial charge in [0.1, 0.15) is 13.2 Å². The van der Waals surface area contributed by atoms with Gasteiger partial charge in [0, 0.05) is 12.6 Å². The first-order chi connectivity index (χ1) is 12.5. The third-order valence-corrected chi connectivity index (χ3v) is 4.06. The van der Waals surface area contributed by atoms with Crippen molar-refractivity contribution >= 4 is 17.2 Å². The Morgan fingerprint density at radius 2 is 1.65 bits per heavy atom. The maximum absolute atomic E-state index is 11.3. The molecular formula is C17H17N5O4. The first kappa shape index (κ1) is 17.5. The van der Waals surface area contributed by atoms with Crippen LogP contribution in [0.25, 0.3) is 0 Å². The Labute approximate surface area is 149 Å². The van der Waals surface area contributed by atoms with Crippen LogP contribution in [-0.2, 0) is 6.42 Å². The zero-order valence-corrected chi connectivity index (χ0v) is 13.9. The number of hydrogen-bond acceptors (Lipinski definition) is 7. The fourth-order valence-electron chi connectivity index (χ4n) is 2.78. The van der Waals surface area contributed by atoms with Crippen molar-refractivity contribution < 1.29 is 9.85 Å². The summed E-state index contributed by atoms with van der Waals surface area (Å²) in [6.07, 6.45) is 0.719. The van der Waals surface area contributed by atoms with Crippen molar-refractivity contribution in [2.75, 3.05) is 24.8 Å². The first-order valence-corrected chi connectivity index (χ1v) is 8.03. The SMILES string of the molecule is O=[N+]([O-])C1=NN(c2ccccc2[N+](=O)[O-])CN(CCc2ccccc2)C1. The van der Waals surface area contributed by atoms with E-state index in [9.17, 15) is 20.2 Å². The molecule has 0 spiro atoms. The molecule has 26 heavy (non-hydrogen) atoms. The van der Waals surface area contributed by atoms with E-state index >= 15 is 0 Å². The summed E-state index contributed by atoms with van der Waals surface area (Å²) < 4.78 is 0. The standard InChI is InChI=1S/C17H17N5O4/c23-21(24)16-9-5-4-8-15(16)20-13-19(12-17(18-20)22(25)26)11-10-14-6-2-1-3-7-14/h1-9H,10-13H2. The van der Waals surface area contributed by atoms with Gasteiger partial charge in [0.2, 0.25) is 0 Å². The van der Waals surface area contributed by atoms with Gasteiger partial charge in [-0.1, -0.05) is 42.5 Å². The molecule has 0 saturated carbocycles. The molecule has 134 valence electrons. The van der Waals surface area contributed by atoms with E-state index < -0.39 is 9.85 Å². The van der Waals surface area contributed by atoms with Crippen LogP contribution in [0.15, 0.2) is 59.7 Å². The number of anilines is 1. The molecule has 0 aliphatic carbocycles. The van der Waals surface area contributed by atoms with Crippen molar-refractivity contribution in [1.82, 2.24) is 4.90 Å². The molecule has 0 N–H and O–H groups in total. The molecule has 9 heteroatoms. The molecule has 0 fully saturated rings. The third-order valence-electron chi connectivity index (χ3n) is 4.06. The monoisotopic (exact) mass is 355 g/mol. The average molecular weight is 355 g/mol. The van der Waals surface area contributed by atoms with Gasteiger partial charge < -0.3 is 10.1 Å². The normalized spacial score (nSPS) is 14.8. The molecule has 2 aromatic carbocycles. The number of nitro groups is 2. The fourth-order valence-corrected chi connectivity index (χ4v) is 2.78. The van der Waals surface area contributed by atoms with E-state index in [1.807, 2.05) is 35.2 Å². The molecular weight excluding hydrogens is 338 g/mol. The summed E-state index contributed by atoms with van der Waals surface area (Å²) >= 11 is 0. The van der Waals surface area contributed by atoms with Crippen LogP contribution in [0.4, 0.5) is 11.4 Å². The Bertz CT molecular complexity index is 840. The van der Waals surface area contributed by atoms with E-state index in [-0.39, 0.29) is 30.4 Å².